The molecule has 0 saturated carbocycles. The summed E-state index contributed by atoms with van der Waals surface area (Å²) in [6, 6.07) is 0.277. The van der Waals surface area contributed by atoms with Gasteiger partial charge in [-0.3, -0.25) is 4.79 Å². The molecule has 0 atom stereocenters. The fourth-order valence-corrected chi connectivity index (χ4v) is 2.31. The van der Waals surface area contributed by atoms with Crippen LogP contribution in [0.4, 0.5) is 0 Å². The van der Waals surface area contributed by atoms with Crippen LogP contribution in [-0.2, 0) is 4.79 Å². The first-order valence-electron chi connectivity index (χ1n) is 5.84. The van der Waals surface area contributed by atoms with Crippen LogP contribution in [-0.4, -0.2) is 66.0 Å². The van der Waals surface area contributed by atoms with E-state index in [4.69, 9.17) is 16.7 Å². The van der Waals surface area contributed by atoms with Gasteiger partial charge in [-0.05, 0) is 33.0 Å². The summed E-state index contributed by atoms with van der Waals surface area (Å²) < 4.78 is 0. The van der Waals surface area contributed by atoms with Crippen molar-refractivity contribution in [1.29, 1.82) is 0 Å². The lowest BCUT2D eigenvalue weighted by molar-refractivity contribution is -0.134. The summed E-state index contributed by atoms with van der Waals surface area (Å²) in [5, 5.41) is 9.00. The predicted molar refractivity (Wildman–Crippen MR) is 64.7 cm³/mol. The van der Waals surface area contributed by atoms with Gasteiger partial charge in [0.15, 0.2) is 0 Å². The first-order valence-corrected chi connectivity index (χ1v) is 6.37. The summed E-state index contributed by atoms with van der Waals surface area (Å²) in [6.07, 6.45) is 2.35. The van der Waals surface area contributed by atoms with Gasteiger partial charge in [0, 0.05) is 24.9 Å². The zero-order valence-corrected chi connectivity index (χ0v) is 10.6. The molecule has 1 rings (SSSR count). The monoisotopic (exact) mass is 248 g/mol. The number of hydrogen-bond acceptors (Lipinski definition) is 3. The molecule has 1 aliphatic rings. The third-order valence-corrected chi connectivity index (χ3v) is 3.29. The molecular formula is C11H21ClN2O2. The van der Waals surface area contributed by atoms with E-state index in [0.717, 1.165) is 25.9 Å². The van der Waals surface area contributed by atoms with Crippen molar-refractivity contribution in [2.75, 3.05) is 39.2 Å². The number of aliphatic hydroxyl groups is 1. The van der Waals surface area contributed by atoms with Crippen LogP contribution in [0.5, 0.6) is 0 Å². The second kappa shape index (κ2) is 7.09. The number of alkyl halides is 1. The molecule has 1 N–H and O–H groups in total. The van der Waals surface area contributed by atoms with E-state index in [1.807, 2.05) is 0 Å². The number of halogens is 1. The molecule has 0 spiro atoms. The normalized spacial score (nSPS) is 18.7. The average molecular weight is 249 g/mol. The molecule has 0 aromatic rings. The zero-order chi connectivity index (χ0) is 12.0. The Morgan fingerprint density at radius 1 is 1.50 bits per heavy atom. The van der Waals surface area contributed by atoms with Crippen LogP contribution < -0.4 is 0 Å². The maximum atomic E-state index is 11.8. The SMILES string of the molecule is CN1CCC(N(CCO)C(=O)CCCl)CC1. The molecule has 0 aromatic carbocycles. The molecule has 0 aromatic heterocycles. The smallest absolute Gasteiger partial charge is 0.224 e. The van der Waals surface area contributed by atoms with Crippen LogP contribution in [0, 0.1) is 0 Å². The molecule has 0 bridgehead atoms. The highest BCUT2D eigenvalue weighted by Gasteiger charge is 2.25. The molecule has 1 amide bonds. The standard InChI is InChI=1S/C11H21ClN2O2/c1-13-6-3-10(4-7-13)14(8-9-15)11(16)2-5-12/h10,15H,2-9H2,1H3. The number of aliphatic hydroxyl groups excluding tert-OH is 1. The minimum absolute atomic E-state index is 0.0281. The third kappa shape index (κ3) is 3.92. The lowest BCUT2D eigenvalue weighted by Gasteiger charge is -2.37. The van der Waals surface area contributed by atoms with Gasteiger partial charge in [-0.1, -0.05) is 0 Å². The molecule has 94 valence electrons. The van der Waals surface area contributed by atoms with E-state index >= 15 is 0 Å². The van der Waals surface area contributed by atoms with Crippen molar-refractivity contribution in [1.82, 2.24) is 9.80 Å². The minimum atomic E-state index is 0.0281. The number of nitrogens with zero attached hydrogens (tertiary/aromatic N) is 2. The van der Waals surface area contributed by atoms with Crippen molar-refractivity contribution in [2.24, 2.45) is 0 Å². The van der Waals surface area contributed by atoms with Gasteiger partial charge in [0.2, 0.25) is 5.91 Å². The number of likely N-dealkylation sites (tertiary alicyclic amines) is 1. The van der Waals surface area contributed by atoms with Gasteiger partial charge in [0.1, 0.15) is 0 Å². The first kappa shape index (κ1) is 13.7. The summed E-state index contributed by atoms with van der Waals surface area (Å²) in [4.78, 5) is 15.9. The highest BCUT2D eigenvalue weighted by Crippen LogP contribution is 2.16. The van der Waals surface area contributed by atoms with Gasteiger partial charge in [-0.15, -0.1) is 11.6 Å². The number of carbonyl (C=O) groups excluding carboxylic acids is 1. The molecule has 1 heterocycles. The minimum Gasteiger partial charge on any atom is -0.395 e. The van der Waals surface area contributed by atoms with E-state index in [0.29, 0.717) is 18.8 Å². The van der Waals surface area contributed by atoms with Crippen LogP contribution in [0.2, 0.25) is 0 Å². The number of hydrogen-bond donors (Lipinski definition) is 1. The van der Waals surface area contributed by atoms with Crippen LogP contribution in [0.15, 0.2) is 0 Å². The fraction of sp³-hybridized carbons (Fsp3) is 0.909. The van der Waals surface area contributed by atoms with Gasteiger partial charge < -0.3 is 14.9 Å². The van der Waals surface area contributed by atoms with Gasteiger partial charge in [0.05, 0.1) is 6.61 Å². The summed E-state index contributed by atoms with van der Waals surface area (Å²) in [5.74, 6) is 0.423. The lowest BCUT2D eigenvalue weighted by Crippen LogP contribution is -2.47. The van der Waals surface area contributed by atoms with Crippen molar-refractivity contribution in [3.05, 3.63) is 0 Å². The Labute approximate surface area is 102 Å². The van der Waals surface area contributed by atoms with E-state index in [1.165, 1.54) is 0 Å². The van der Waals surface area contributed by atoms with Crippen molar-refractivity contribution in [3.63, 3.8) is 0 Å². The second-order valence-electron chi connectivity index (χ2n) is 4.28. The van der Waals surface area contributed by atoms with E-state index in [-0.39, 0.29) is 18.6 Å². The molecule has 0 unspecified atom stereocenters. The Hall–Kier alpha value is -0.320. The summed E-state index contributed by atoms with van der Waals surface area (Å²) in [5.41, 5.74) is 0. The molecule has 1 saturated heterocycles. The van der Waals surface area contributed by atoms with Crippen molar-refractivity contribution >= 4 is 17.5 Å². The second-order valence-corrected chi connectivity index (χ2v) is 4.66. The quantitative estimate of drug-likeness (QED) is 0.722. The number of amides is 1. The molecule has 5 heteroatoms. The van der Waals surface area contributed by atoms with Gasteiger partial charge in [-0.2, -0.15) is 0 Å². The van der Waals surface area contributed by atoms with Crippen molar-refractivity contribution in [3.8, 4) is 0 Å². The molecule has 16 heavy (non-hydrogen) atoms. The number of carbonyl (C=O) groups is 1. The molecular weight excluding hydrogens is 228 g/mol. The molecule has 4 nitrogen and oxygen atoms in total. The van der Waals surface area contributed by atoms with E-state index in [9.17, 15) is 4.79 Å². The Morgan fingerprint density at radius 3 is 2.62 bits per heavy atom. The Balaban J connectivity index is 2.51. The largest absolute Gasteiger partial charge is 0.395 e. The lowest BCUT2D eigenvalue weighted by atomic mass is 10.0. The summed E-state index contributed by atoms with van der Waals surface area (Å²) in [7, 11) is 2.09. The van der Waals surface area contributed by atoms with Crippen LogP contribution in [0.1, 0.15) is 19.3 Å². The van der Waals surface area contributed by atoms with Crippen LogP contribution in [0.25, 0.3) is 0 Å². The summed E-state index contributed by atoms with van der Waals surface area (Å²) >= 11 is 5.58. The Kier molecular flexibility index (Phi) is 6.09. The highest BCUT2D eigenvalue weighted by atomic mass is 35.5. The van der Waals surface area contributed by atoms with E-state index < -0.39 is 0 Å². The maximum absolute atomic E-state index is 11.8. The number of rotatable bonds is 5. The average Bonchev–Trinajstić information content (AvgIpc) is 2.28. The Morgan fingerprint density at radius 2 is 2.12 bits per heavy atom. The molecule has 1 aliphatic heterocycles. The highest BCUT2D eigenvalue weighted by molar-refractivity contribution is 6.18. The predicted octanol–water partition coefficient (Wildman–Crippen LogP) is 0.530. The van der Waals surface area contributed by atoms with Crippen molar-refractivity contribution < 1.29 is 9.90 Å². The maximum Gasteiger partial charge on any atom is 0.224 e. The molecule has 0 aliphatic carbocycles. The van der Waals surface area contributed by atoms with Crippen LogP contribution >= 0.6 is 11.6 Å². The van der Waals surface area contributed by atoms with E-state index in [2.05, 4.69) is 11.9 Å². The topological polar surface area (TPSA) is 43.8 Å². The molecule has 0 radical (unpaired) electrons. The first-order chi connectivity index (χ1) is 7.69. The van der Waals surface area contributed by atoms with Gasteiger partial charge in [-0.25, -0.2) is 0 Å². The summed E-state index contributed by atoms with van der Waals surface area (Å²) in [6.45, 7) is 2.49. The Bertz CT molecular complexity index is 218. The van der Waals surface area contributed by atoms with E-state index in [1.54, 1.807) is 4.90 Å². The third-order valence-electron chi connectivity index (χ3n) is 3.10. The number of piperidine rings is 1. The zero-order valence-electron chi connectivity index (χ0n) is 9.86. The van der Waals surface area contributed by atoms with Crippen molar-refractivity contribution in [2.45, 2.75) is 25.3 Å². The van der Waals surface area contributed by atoms with Gasteiger partial charge >= 0.3 is 0 Å². The molecule has 1 fully saturated rings. The van der Waals surface area contributed by atoms with Crippen LogP contribution in [0.3, 0.4) is 0 Å². The fourth-order valence-electron chi connectivity index (χ4n) is 2.15. The van der Waals surface area contributed by atoms with Gasteiger partial charge in [0.25, 0.3) is 0 Å².